The summed E-state index contributed by atoms with van der Waals surface area (Å²) in [4.78, 5) is 11.7. The SMILES string of the molecule is C#CCNS(=O)(=O)c1cccc(C(=O)OC(C)C)c1. The smallest absolute Gasteiger partial charge is 0.338 e. The van der Waals surface area contributed by atoms with Gasteiger partial charge in [-0.15, -0.1) is 6.42 Å². The summed E-state index contributed by atoms with van der Waals surface area (Å²) >= 11 is 0. The number of nitrogens with one attached hydrogen (secondary N) is 1. The predicted molar refractivity (Wildman–Crippen MR) is 71.0 cm³/mol. The summed E-state index contributed by atoms with van der Waals surface area (Å²) in [5.41, 5.74) is 0.178. The standard InChI is InChI=1S/C13H15NO4S/c1-4-8-14-19(16,17)12-7-5-6-11(9-12)13(15)18-10(2)3/h1,5-7,9-10,14H,8H2,2-3H3. The number of carbonyl (C=O) groups is 1. The quantitative estimate of drug-likeness (QED) is 0.649. The summed E-state index contributed by atoms with van der Waals surface area (Å²) in [5.74, 6) is 1.61. The molecule has 0 fully saturated rings. The maximum Gasteiger partial charge on any atom is 0.338 e. The Labute approximate surface area is 113 Å². The Morgan fingerprint density at radius 1 is 1.47 bits per heavy atom. The van der Waals surface area contributed by atoms with Gasteiger partial charge in [-0.25, -0.2) is 13.2 Å². The predicted octanol–water partition coefficient (Wildman–Crippen LogP) is 1.16. The lowest BCUT2D eigenvalue weighted by Gasteiger charge is -2.09. The fourth-order valence-corrected chi connectivity index (χ4v) is 2.27. The Hall–Kier alpha value is -1.84. The van der Waals surface area contributed by atoms with E-state index in [0.717, 1.165) is 0 Å². The Kier molecular flexibility index (Phi) is 5.10. The molecular weight excluding hydrogens is 266 g/mol. The highest BCUT2D eigenvalue weighted by molar-refractivity contribution is 7.89. The van der Waals surface area contributed by atoms with Crippen molar-refractivity contribution in [1.29, 1.82) is 0 Å². The number of rotatable bonds is 5. The van der Waals surface area contributed by atoms with E-state index in [4.69, 9.17) is 11.2 Å². The summed E-state index contributed by atoms with van der Waals surface area (Å²) in [6.07, 6.45) is 4.72. The fourth-order valence-electron chi connectivity index (χ4n) is 1.29. The normalized spacial score (nSPS) is 11.1. The first-order valence-electron chi connectivity index (χ1n) is 5.61. The Morgan fingerprint density at radius 2 is 2.16 bits per heavy atom. The molecular formula is C13H15NO4S. The molecule has 5 nitrogen and oxygen atoms in total. The van der Waals surface area contributed by atoms with Gasteiger partial charge in [-0.3, -0.25) is 0 Å². The van der Waals surface area contributed by atoms with E-state index >= 15 is 0 Å². The molecule has 0 atom stereocenters. The molecule has 102 valence electrons. The molecule has 0 saturated heterocycles. The molecule has 0 aliphatic rings. The van der Waals surface area contributed by atoms with Crippen molar-refractivity contribution < 1.29 is 17.9 Å². The second-order valence-corrected chi connectivity index (χ2v) is 5.78. The van der Waals surface area contributed by atoms with E-state index in [1.54, 1.807) is 13.8 Å². The molecule has 1 N–H and O–H groups in total. The van der Waals surface area contributed by atoms with E-state index in [1.807, 2.05) is 0 Å². The van der Waals surface area contributed by atoms with Gasteiger partial charge in [0.25, 0.3) is 0 Å². The summed E-state index contributed by atoms with van der Waals surface area (Å²) in [6.45, 7) is 3.32. The lowest BCUT2D eigenvalue weighted by Crippen LogP contribution is -2.24. The van der Waals surface area contributed by atoms with Crippen molar-refractivity contribution in [3.8, 4) is 12.3 Å². The van der Waals surface area contributed by atoms with Gasteiger partial charge in [0.1, 0.15) is 0 Å². The highest BCUT2D eigenvalue weighted by Crippen LogP contribution is 2.12. The molecule has 1 rings (SSSR count). The molecule has 0 radical (unpaired) electrons. The Bertz CT molecular complexity index is 599. The number of hydrogen-bond donors (Lipinski definition) is 1. The second-order valence-electron chi connectivity index (χ2n) is 4.01. The minimum absolute atomic E-state index is 0.0269. The first kappa shape index (κ1) is 15.2. The van der Waals surface area contributed by atoms with Gasteiger partial charge in [-0.2, -0.15) is 4.72 Å². The highest BCUT2D eigenvalue weighted by Gasteiger charge is 2.16. The molecule has 1 aromatic carbocycles. The summed E-state index contributed by atoms with van der Waals surface area (Å²) in [6, 6.07) is 5.60. The zero-order chi connectivity index (χ0) is 14.5. The average molecular weight is 281 g/mol. The van der Waals surface area contributed by atoms with E-state index < -0.39 is 16.0 Å². The number of benzene rings is 1. The van der Waals surface area contributed by atoms with Gasteiger partial charge in [0.05, 0.1) is 23.1 Å². The monoisotopic (exact) mass is 281 g/mol. The van der Waals surface area contributed by atoms with Gasteiger partial charge in [-0.1, -0.05) is 12.0 Å². The van der Waals surface area contributed by atoms with Crippen LogP contribution in [0.1, 0.15) is 24.2 Å². The molecule has 0 aliphatic carbocycles. The third-order valence-electron chi connectivity index (χ3n) is 2.09. The van der Waals surface area contributed by atoms with Gasteiger partial charge in [0.2, 0.25) is 10.0 Å². The fraction of sp³-hybridized carbons (Fsp3) is 0.308. The molecule has 6 heteroatoms. The van der Waals surface area contributed by atoms with Crippen molar-refractivity contribution in [3.63, 3.8) is 0 Å². The maximum atomic E-state index is 11.8. The van der Waals surface area contributed by atoms with Crippen molar-refractivity contribution in [2.75, 3.05) is 6.54 Å². The van der Waals surface area contributed by atoms with Crippen molar-refractivity contribution in [1.82, 2.24) is 4.72 Å². The third kappa shape index (κ3) is 4.39. The second kappa shape index (κ2) is 6.36. The number of hydrogen-bond acceptors (Lipinski definition) is 4. The van der Waals surface area contributed by atoms with E-state index in [1.165, 1.54) is 24.3 Å². The van der Waals surface area contributed by atoms with Crippen molar-refractivity contribution in [3.05, 3.63) is 29.8 Å². The molecule has 0 aromatic heterocycles. The lowest BCUT2D eigenvalue weighted by molar-refractivity contribution is 0.0377. The van der Waals surface area contributed by atoms with Crippen LogP contribution in [-0.2, 0) is 14.8 Å². The van der Waals surface area contributed by atoms with Crippen LogP contribution in [-0.4, -0.2) is 27.0 Å². The molecule has 0 heterocycles. The largest absolute Gasteiger partial charge is 0.459 e. The van der Waals surface area contributed by atoms with Crippen LogP contribution in [0.15, 0.2) is 29.2 Å². The van der Waals surface area contributed by atoms with Crippen LogP contribution in [0.4, 0.5) is 0 Å². The van der Waals surface area contributed by atoms with Crippen molar-refractivity contribution in [2.24, 2.45) is 0 Å². The number of sulfonamides is 1. The van der Waals surface area contributed by atoms with E-state index in [-0.39, 0.29) is 23.1 Å². The number of carbonyl (C=O) groups excluding carboxylic acids is 1. The molecule has 0 amide bonds. The summed E-state index contributed by atoms with van der Waals surface area (Å²) in [5, 5.41) is 0. The van der Waals surface area contributed by atoms with Gasteiger partial charge in [0, 0.05) is 0 Å². The first-order valence-corrected chi connectivity index (χ1v) is 7.09. The Morgan fingerprint density at radius 3 is 2.74 bits per heavy atom. The van der Waals surface area contributed by atoms with E-state index in [2.05, 4.69) is 10.6 Å². The molecule has 0 unspecified atom stereocenters. The van der Waals surface area contributed by atoms with Gasteiger partial charge >= 0.3 is 5.97 Å². The van der Waals surface area contributed by atoms with Crippen LogP contribution in [0.5, 0.6) is 0 Å². The highest BCUT2D eigenvalue weighted by atomic mass is 32.2. The van der Waals surface area contributed by atoms with Crippen LogP contribution in [0.3, 0.4) is 0 Å². The molecule has 0 saturated carbocycles. The topological polar surface area (TPSA) is 72.5 Å². The van der Waals surface area contributed by atoms with Crippen molar-refractivity contribution in [2.45, 2.75) is 24.8 Å². The number of ether oxygens (including phenoxy) is 1. The average Bonchev–Trinajstić information content (AvgIpc) is 2.36. The summed E-state index contributed by atoms with van der Waals surface area (Å²) in [7, 11) is -3.71. The van der Waals surface area contributed by atoms with Crippen LogP contribution in [0, 0.1) is 12.3 Å². The number of esters is 1. The molecule has 1 aromatic rings. The number of terminal acetylenes is 1. The van der Waals surface area contributed by atoms with Gasteiger partial charge < -0.3 is 4.74 Å². The molecule has 0 spiro atoms. The first-order chi connectivity index (χ1) is 8.86. The molecule has 0 aliphatic heterocycles. The van der Waals surface area contributed by atoms with Gasteiger partial charge in [0.15, 0.2) is 0 Å². The van der Waals surface area contributed by atoms with E-state index in [0.29, 0.717) is 0 Å². The van der Waals surface area contributed by atoms with Crippen LogP contribution in [0.2, 0.25) is 0 Å². The van der Waals surface area contributed by atoms with Crippen LogP contribution < -0.4 is 4.72 Å². The minimum atomic E-state index is -3.71. The lowest BCUT2D eigenvalue weighted by atomic mass is 10.2. The van der Waals surface area contributed by atoms with Crippen LogP contribution in [0.25, 0.3) is 0 Å². The molecule has 19 heavy (non-hydrogen) atoms. The minimum Gasteiger partial charge on any atom is -0.459 e. The Balaban J connectivity index is 3.01. The maximum absolute atomic E-state index is 11.8. The zero-order valence-corrected chi connectivity index (χ0v) is 11.5. The molecule has 0 bridgehead atoms. The van der Waals surface area contributed by atoms with Crippen LogP contribution >= 0.6 is 0 Å². The van der Waals surface area contributed by atoms with E-state index in [9.17, 15) is 13.2 Å². The zero-order valence-electron chi connectivity index (χ0n) is 10.7. The van der Waals surface area contributed by atoms with Crippen molar-refractivity contribution >= 4 is 16.0 Å². The summed E-state index contributed by atoms with van der Waals surface area (Å²) < 4.78 is 30.9. The third-order valence-corrected chi connectivity index (χ3v) is 3.49. The van der Waals surface area contributed by atoms with Gasteiger partial charge in [-0.05, 0) is 32.0 Å².